The number of hydrogen-bond acceptors (Lipinski definition) is 3. The van der Waals surface area contributed by atoms with E-state index in [4.69, 9.17) is 4.98 Å². The molecule has 2 aromatic heterocycles. The summed E-state index contributed by atoms with van der Waals surface area (Å²) in [6, 6.07) is 7.35. The van der Waals surface area contributed by atoms with Gasteiger partial charge >= 0.3 is 0 Å². The van der Waals surface area contributed by atoms with E-state index in [1.807, 2.05) is 0 Å². The van der Waals surface area contributed by atoms with Gasteiger partial charge in [0.1, 0.15) is 5.82 Å². The first kappa shape index (κ1) is 17.8. The second-order valence-corrected chi connectivity index (χ2v) is 8.62. The molecule has 0 radical (unpaired) electrons. The first-order valence-electron chi connectivity index (χ1n) is 10.9. The van der Waals surface area contributed by atoms with Crippen LogP contribution >= 0.6 is 0 Å². The molecule has 1 aliphatic heterocycles. The van der Waals surface area contributed by atoms with Gasteiger partial charge in [-0.25, -0.2) is 4.98 Å². The van der Waals surface area contributed by atoms with Gasteiger partial charge in [0.05, 0.1) is 16.7 Å². The number of nitrogens with zero attached hydrogens (tertiary/aromatic N) is 5. The molecule has 0 N–H and O–H groups in total. The van der Waals surface area contributed by atoms with Crippen LogP contribution in [0.2, 0.25) is 0 Å². The van der Waals surface area contributed by atoms with Crippen molar-refractivity contribution in [3.63, 3.8) is 0 Å². The average Bonchev–Trinajstić information content (AvgIpc) is 3.30. The smallest absolute Gasteiger partial charge is 0.111 e. The zero-order valence-electron chi connectivity index (χ0n) is 17.2. The maximum atomic E-state index is 5.25. The van der Waals surface area contributed by atoms with Gasteiger partial charge in [-0.05, 0) is 50.8 Å². The highest BCUT2D eigenvalue weighted by Gasteiger charge is 2.25. The fourth-order valence-corrected chi connectivity index (χ4v) is 5.20. The molecule has 1 aliphatic carbocycles. The lowest BCUT2D eigenvalue weighted by molar-refractivity contribution is 0.350. The van der Waals surface area contributed by atoms with Gasteiger partial charge in [0, 0.05) is 50.0 Å². The van der Waals surface area contributed by atoms with Gasteiger partial charge in [0.2, 0.25) is 0 Å². The number of fused-ring (bicyclic) bond motifs is 3. The Hall–Kier alpha value is -2.30. The molecule has 1 saturated carbocycles. The lowest BCUT2D eigenvalue weighted by Gasteiger charge is -2.28. The quantitative estimate of drug-likeness (QED) is 0.663. The molecule has 0 atom stereocenters. The Morgan fingerprint density at radius 2 is 1.93 bits per heavy atom. The number of hydrogen-bond donors (Lipinski definition) is 0. The highest BCUT2D eigenvalue weighted by atomic mass is 15.3. The van der Waals surface area contributed by atoms with Gasteiger partial charge in [-0.1, -0.05) is 19.3 Å². The fraction of sp³-hybridized carbons (Fsp3) is 0.565. The molecule has 3 aromatic rings. The molecular formula is C23H31N5. The van der Waals surface area contributed by atoms with Crippen LogP contribution in [0.4, 0.5) is 5.69 Å². The van der Waals surface area contributed by atoms with Gasteiger partial charge in [0.15, 0.2) is 0 Å². The summed E-state index contributed by atoms with van der Waals surface area (Å²) in [6.07, 6.45) is 12.0. The molecule has 0 amide bonds. The van der Waals surface area contributed by atoms with Crippen LogP contribution in [0.3, 0.4) is 0 Å². The number of anilines is 1. The third kappa shape index (κ3) is 3.11. The molecule has 5 nitrogen and oxygen atoms in total. The molecule has 2 aliphatic rings. The number of imidazole rings is 1. The standard InChI is InChI=1S/C23H31N5/c1-17-12-15-27(25-17)16-13-22-24-23-19-9-6-14-26(2)20(19)10-11-21(23)28(22)18-7-4-3-5-8-18/h10-12,15,18H,3-9,13-14,16H2,1-2H3. The molecule has 0 bridgehead atoms. The van der Waals surface area contributed by atoms with Crippen LogP contribution in [0.15, 0.2) is 24.4 Å². The van der Waals surface area contributed by atoms with Crippen molar-refractivity contribution in [3.8, 4) is 0 Å². The first-order valence-corrected chi connectivity index (χ1v) is 10.9. The molecule has 148 valence electrons. The number of aryl methyl sites for hydroxylation is 4. The number of rotatable bonds is 4. The summed E-state index contributed by atoms with van der Waals surface area (Å²) < 4.78 is 4.66. The van der Waals surface area contributed by atoms with E-state index < -0.39 is 0 Å². The summed E-state index contributed by atoms with van der Waals surface area (Å²) in [6.45, 7) is 4.09. The lowest BCUT2D eigenvalue weighted by atomic mass is 9.94. The minimum atomic E-state index is 0.604. The summed E-state index contributed by atoms with van der Waals surface area (Å²) in [7, 11) is 2.21. The summed E-state index contributed by atoms with van der Waals surface area (Å²) in [4.78, 5) is 7.65. The molecule has 0 unspecified atom stereocenters. The first-order chi connectivity index (χ1) is 13.7. The van der Waals surface area contributed by atoms with Crippen molar-refractivity contribution in [1.29, 1.82) is 0 Å². The molecule has 5 heteroatoms. The average molecular weight is 378 g/mol. The van der Waals surface area contributed by atoms with Crippen molar-refractivity contribution in [2.75, 3.05) is 18.5 Å². The Bertz CT molecular complexity index is 976. The number of benzene rings is 1. The third-order valence-corrected chi connectivity index (χ3v) is 6.63. The van der Waals surface area contributed by atoms with Gasteiger partial charge in [-0.15, -0.1) is 0 Å². The van der Waals surface area contributed by atoms with Crippen LogP contribution < -0.4 is 4.90 Å². The van der Waals surface area contributed by atoms with Crippen molar-refractivity contribution in [3.05, 3.63) is 41.5 Å². The van der Waals surface area contributed by atoms with Crippen molar-refractivity contribution in [2.45, 2.75) is 70.9 Å². The van der Waals surface area contributed by atoms with E-state index in [2.05, 4.69) is 57.6 Å². The van der Waals surface area contributed by atoms with E-state index >= 15 is 0 Å². The zero-order chi connectivity index (χ0) is 19.1. The fourth-order valence-electron chi connectivity index (χ4n) is 5.20. The van der Waals surface area contributed by atoms with Gasteiger partial charge in [0.25, 0.3) is 0 Å². The molecule has 0 saturated heterocycles. The van der Waals surface area contributed by atoms with Crippen molar-refractivity contribution < 1.29 is 0 Å². The topological polar surface area (TPSA) is 38.9 Å². The van der Waals surface area contributed by atoms with E-state index in [0.29, 0.717) is 6.04 Å². The second kappa shape index (κ2) is 7.26. The van der Waals surface area contributed by atoms with Crippen molar-refractivity contribution >= 4 is 16.7 Å². The maximum Gasteiger partial charge on any atom is 0.111 e. The van der Waals surface area contributed by atoms with Crippen LogP contribution in [0.1, 0.15) is 61.6 Å². The molecule has 1 aromatic carbocycles. The Balaban J connectivity index is 1.57. The minimum absolute atomic E-state index is 0.604. The van der Waals surface area contributed by atoms with Crippen LogP contribution in [-0.4, -0.2) is 32.9 Å². The minimum Gasteiger partial charge on any atom is -0.374 e. The van der Waals surface area contributed by atoms with E-state index in [0.717, 1.165) is 31.6 Å². The summed E-state index contributed by atoms with van der Waals surface area (Å²) in [5, 5.41) is 4.57. The highest BCUT2D eigenvalue weighted by Crippen LogP contribution is 2.37. The molecule has 5 rings (SSSR count). The Labute approximate surface area is 167 Å². The molecule has 3 heterocycles. The Morgan fingerprint density at radius 3 is 2.71 bits per heavy atom. The van der Waals surface area contributed by atoms with Crippen LogP contribution in [0.5, 0.6) is 0 Å². The van der Waals surface area contributed by atoms with Gasteiger partial charge in [-0.2, -0.15) is 5.10 Å². The summed E-state index contributed by atoms with van der Waals surface area (Å²) >= 11 is 0. The SMILES string of the molecule is Cc1ccn(CCc2nc3c4c(ccc3n2C2CCCCC2)N(C)CCC4)n1. The predicted molar refractivity (Wildman–Crippen MR) is 114 cm³/mol. The largest absolute Gasteiger partial charge is 0.374 e. The molecule has 0 spiro atoms. The molecule has 28 heavy (non-hydrogen) atoms. The van der Waals surface area contributed by atoms with Crippen LogP contribution in [0.25, 0.3) is 11.0 Å². The normalized spacial score (nSPS) is 18.0. The van der Waals surface area contributed by atoms with Crippen LogP contribution in [0, 0.1) is 6.92 Å². The zero-order valence-corrected chi connectivity index (χ0v) is 17.2. The monoisotopic (exact) mass is 377 g/mol. The Kier molecular flexibility index (Phi) is 4.61. The Morgan fingerprint density at radius 1 is 1.07 bits per heavy atom. The van der Waals surface area contributed by atoms with Gasteiger partial charge in [-0.3, -0.25) is 4.68 Å². The molecular weight excluding hydrogens is 346 g/mol. The van der Waals surface area contributed by atoms with Crippen LogP contribution in [-0.2, 0) is 19.4 Å². The summed E-state index contributed by atoms with van der Waals surface area (Å²) in [5.74, 6) is 1.25. The third-order valence-electron chi connectivity index (χ3n) is 6.63. The lowest BCUT2D eigenvalue weighted by Crippen LogP contribution is -2.24. The van der Waals surface area contributed by atoms with E-state index in [-0.39, 0.29) is 0 Å². The predicted octanol–water partition coefficient (Wildman–Crippen LogP) is 4.67. The van der Waals surface area contributed by atoms with E-state index in [1.54, 1.807) is 0 Å². The maximum absolute atomic E-state index is 5.25. The van der Waals surface area contributed by atoms with E-state index in [1.165, 1.54) is 66.6 Å². The highest BCUT2D eigenvalue weighted by molar-refractivity contribution is 5.86. The van der Waals surface area contributed by atoms with Crippen molar-refractivity contribution in [2.24, 2.45) is 0 Å². The second-order valence-electron chi connectivity index (χ2n) is 8.62. The van der Waals surface area contributed by atoms with E-state index in [9.17, 15) is 0 Å². The summed E-state index contributed by atoms with van der Waals surface area (Å²) in [5.41, 5.74) is 6.52. The number of aromatic nitrogens is 4. The van der Waals surface area contributed by atoms with Gasteiger partial charge < -0.3 is 9.47 Å². The molecule has 1 fully saturated rings. The van der Waals surface area contributed by atoms with Crippen molar-refractivity contribution in [1.82, 2.24) is 19.3 Å².